The Hall–Kier alpha value is -3.51. The quantitative estimate of drug-likeness (QED) is 0.400. The number of carboxylic acids is 1. The summed E-state index contributed by atoms with van der Waals surface area (Å²) in [7, 11) is 0. The van der Waals surface area contributed by atoms with Crippen LogP contribution in [0.15, 0.2) is 48.5 Å². The Kier molecular flexibility index (Phi) is 10.6. The van der Waals surface area contributed by atoms with E-state index in [1.54, 1.807) is 17.0 Å². The third-order valence-electron chi connectivity index (χ3n) is 7.44. The molecule has 1 unspecified atom stereocenters. The van der Waals surface area contributed by atoms with Crippen LogP contribution in [-0.4, -0.2) is 82.3 Å². The molecule has 4 rings (SSSR count). The van der Waals surface area contributed by atoms with Crippen LogP contribution in [0.5, 0.6) is 0 Å². The Bertz CT molecular complexity index is 1180. The molecule has 2 saturated heterocycles. The van der Waals surface area contributed by atoms with Crippen molar-refractivity contribution >= 4 is 17.8 Å². The van der Waals surface area contributed by atoms with Gasteiger partial charge in [-0.05, 0) is 73.4 Å². The van der Waals surface area contributed by atoms with Crippen LogP contribution < -0.4 is 5.73 Å². The van der Waals surface area contributed by atoms with Crippen molar-refractivity contribution in [3.63, 3.8) is 0 Å². The molecule has 2 bridgehead atoms. The first-order chi connectivity index (χ1) is 18.9. The summed E-state index contributed by atoms with van der Waals surface area (Å²) in [5.74, 6) is -3.33. The molecule has 2 amide bonds. The van der Waals surface area contributed by atoms with Gasteiger partial charge in [0.1, 0.15) is 12.4 Å². The van der Waals surface area contributed by atoms with Crippen LogP contribution in [0.25, 0.3) is 0 Å². The molecule has 4 N–H and O–H groups in total. The Morgan fingerprint density at radius 1 is 1.00 bits per heavy atom. The lowest BCUT2D eigenvalue weighted by Crippen LogP contribution is -2.47. The molecule has 0 radical (unpaired) electrons. The average Bonchev–Trinajstić information content (AvgIpc) is 3.14. The number of halogens is 4. The summed E-state index contributed by atoms with van der Waals surface area (Å²) < 4.78 is 45.2. The highest BCUT2D eigenvalue weighted by Crippen LogP contribution is 2.43. The summed E-state index contributed by atoms with van der Waals surface area (Å²) in [5, 5.41) is 16.5. The Morgan fingerprint density at radius 3 is 2.17 bits per heavy atom. The van der Waals surface area contributed by atoms with Gasteiger partial charge in [-0.15, -0.1) is 0 Å². The smallest absolute Gasteiger partial charge is 0.475 e. The van der Waals surface area contributed by atoms with Gasteiger partial charge in [-0.1, -0.05) is 24.3 Å². The number of carbonyl (C=O) groups excluding carboxylic acids is 2. The highest BCUT2D eigenvalue weighted by Gasteiger charge is 2.41. The minimum Gasteiger partial charge on any atom is -0.475 e. The van der Waals surface area contributed by atoms with E-state index < -0.39 is 24.7 Å². The highest BCUT2D eigenvalue weighted by atomic mass is 19.4. The molecule has 40 heavy (non-hydrogen) atoms. The molecular formula is C28H33F4N3O5. The van der Waals surface area contributed by atoms with E-state index >= 15 is 0 Å². The van der Waals surface area contributed by atoms with Crippen LogP contribution in [-0.2, 0) is 16.0 Å². The van der Waals surface area contributed by atoms with Crippen molar-refractivity contribution in [3.8, 4) is 0 Å². The van der Waals surface area contributed by atoms with E-state index in [2.05, 4.69) is 11.0 Å². The Labute approximate surface area is 229 Å². The molecule has 2 aliphatic heterocycles. The number of aliphatic hydroxyl groups is 1. The van der Waals surface area contributed by atoms with Gasteiger partial charge in [0.2, 0.25) is 11.8 Å². The molecule has 2 heterocycles. The summed E-state index contributed by atoms with van der Waals surface area (Å²) in [6.07, 6.45) is -0.220. The van der Waals surface area contributed by atoms with Gasteiger partial charge in [-0.25, -0.2) is 9.18 Å². The van der Waals surface area contributed by atoms with E-state index in [0.29, 0.717) is 43.1 Å². The number of carbonyl (C=O) groups is 3. The summed E-state index contributed by atoms with van der Waals surface area (Å²) in [6, 6.07) is 15.0. The Morgan fingerprint density at radius 2 is 1.62 bits per heavy atom. The fraction of sp³-hybridized carbons (Fsp3) is 0.464. The third kappa shape index (κ3) is 8.49. The number of carboxylic acid groups (broad SMARTS) is 1. The number of benzene rings is 2. The van der Waals surface area contributed by atoms with Crippen molar-refractivity contribution in [1.29, 1.82) is 0 Å². The zero-order valence-electron chi connectivity index (χ0n) is 21.8. The largest absolute Gasteiger partial charge is 0.490 e. The standard InChI is InChI=1S/C26H32FN3O3.C2HF3O2/c27-22-6-1-3-18(13-22)9-10-29(25(32)17-31)11-12-30-23-7-8-24(30)16-21(15-23)19-4-2-5-20(14-19)26(28)33;3-2(4,5)1(6)7/h1-6,13-14,21,23-24,31H,7-12,15-17H2,(H2,28,33);(H,6,7)/t21?,23-,24+;. The molecule has 3 atom stereocenters. The zero-order valence-corrected chi connectivity index (χ0v) is 21.8. The normalized spacial score (nSPS) is 20.4. The van der Waals surface area contributed by atoms with Crippen LogP contribution in [0.4, 0.5) is 17.6 Å². The highest BCUT2D eigenvalue weighted by molar-refractivity contribution is 5.92. The molecule has 0 aliphatic carbocycles. The average molecular weight is 568 g/mol. The van der Waals surface area contributed by atoms with E-state index in [1.165, 1.54) is 17.7 Å². The van der Waals surface area contributed by atoms with Crippen LogP contribution in [0.1, 0.15) is 53.1 Å². The van der Waals surface area contributed by atoms with Crippen LogP contribution in [0.2, 0.25) is 0 Å². The molecule has 2 aliphatic rings. The summed E-state index contributed by atoms with van der Waals surface area (Å²) in [4.78, 5) is 37.0. The maximum atomic E-state index is 13.5. The molecule has 12 heteroatoms. The van der Waals surface area contributed by atoms with Crippen molar-refractivity contribution in [2.24, 2.45) is 5.73 Å². The number of nitrogens with two attached hydrogens (primary N) is 1. The number of aliphatic hydroxyl groups excluding tert-OH is 1. The number of piperidine rings is 1. The van der Waals surface area contributed by atoms with Gasteiger partial charge in [0.25, 0.3) is 0 Å². The number of nitrogens with zero attached hydrogens (tertiary/aromatic N) is 2. The van der Waals surface area contributed by atoms with E-state index in [9.17, 15) is 32.3 Å². The number of fused-ring (bicyclic) bond motifs is 2. The fourth-order valence-corrected chi connectivity index (χ4v) is 5.51. The first kappa shape index (κ1) is 31.0. The van der Waals surface area contributed by atoms with Gasteiger partial charge in [0.15, 0.2) is 0 Å². The van der Waals surface area contributed by atoms with E-state index in [4.69, 9.17) is 15.6 Å². The minimum atomic E-state index is -5.08. The molecule has 218 valence electrons. The van der Waals surface area contributed by atoms with E-state index in [0.717, 1.165) is 37.8 Å². The lowest BCUT2D eigenvalue weighted by molar-refractivity contribution is -0.192. The van der Waals surface area contributed by atoms with Crippen LogP contribution >= 0.6 is 0 Å². The number of primary amides is 1. The number of aliphatic carboxylic acids is 1. The number of hydrogen-bond acceptors (Lipinski definition) is 5. The summed E-state index contributed by atoms with van der Waals surface area (Å²) in [5.41, 5.74) is 8.03. The predicted octanol–water partition coefficient (Wildman–Crippen LogP) is 3.33. The maximum absolute atomic E-state index is 13.5. The number of rotatable bonds is 9. The van der Waals surface area contributed by atoms with Gasteiger partial charge in [-0.2, -0.15) is 13.2 Å². The van der Waals surface area contributed by atoms with Crippen molar-refractivity contribution in [1.82, 2.24) is 9.80 Å². The molecular weight excluding hydrogens is 534 g/mol. The van der Waals surface area contributed by atoms with Gasteiger partial charge < -0.3 is 20.8 Å². The van der Waals surface area contributed by atoms with Gasteiger partial charge in [0, 0.05) is 37.3 Å². The zero-order chi connectivity index (χ0) is 29.4. The second-order valence-corrected chi connectivity index (χ2v) is 10.0. The minimum absolute atomic E-state index is 0.284. The monoisotopic (exact) mass is 567 g/mol. The van der Waals surface area contributed by atoms with Crippen molar-refractivity contribution < 1.29 is 42.2 Å². The number of alkyl halides is 3. The topological polar surface area (TPSA) is 124 Å². The van der Waals surface area contributed by atoms with E-state index in [-0.39, 0.29) is 11.7 Å². The molecule has 0 aromatic heterocycles. The lowest BCUT2D eigenvalue weighted by Gasteiger charge is -2.40. The molecule has 0 saturated carbocycles. The van der Waals surface area contributed by atoms with Crippen molar-refractivity contribution in [2.75, 3.05) is 26.2 Å². The van der Waals surface area contributed by atoms with Gasteiger partial charge in [0.05, 0.1) is 0 Å². The van der Waals surface area contributed by atoms with E-state index in [1.807, 2.05) is 18.2 Å². The molecule has 8 nitrogen and oxygen atoms in total. The van der Waals surface area contributed by atoms with Crippen molar-refractivity contribution in [3.05, 3.63) is 71.0 Å². The molecule has 0 spiro atoms. The maximum Gasteiger partial charge on any atom is 0.490 e. The molecule has 2 fully saturated rings. The summed E-state index contributed by atoms with van der Waals surface area (Å²) in [6.45, 7) is 1.24. The van der Waals surface area contributed by atoms with Crippen LogP contribution in [0.3, 0.4) is 0 Å². The first-order valence-electron chi connectivity index (χ1n) is 13.0. The SMILES string of the molecule is NC(=O)c1cccc(C2C[C@H]3CC[C@@H](C2)N3CCN(CCc2cccc(F)c2)C(=O)CO)c1.O=C(O)C(F)(F)F. The molecule has 2 aromatic rings. The van der Waals surface area contributed by atoms with Gasteiger partial charge in [-0.3, -0.25) is 14.5 Å². The third-order valence-corrected chi connectivity index (χ3v) is 7.44. The number of amides is 2. The molecule has 2 aromatic carbocycles. The second kappa shape index (κ2) is 13.7. The fourth-order valence-electron chi connectivity index (χ4n) is 5.51. The Balaban J connectivity index is 0.000000559. The van der Waals surface area contributed by atoms with Gasteiger partial charge >= 0.3 is 12.1 Å². The number of hydrogen-bond donors (Lipinski definition) is 3. The van der Waals surface area contributed by atoms with Crippen molar-refractivity contribution in [2.45, 2.75) is 56.3 Å². The lowest BCUT2D eigenvalue weighted by atomic mass is 9.84. The first-order valence-corrected chi connectivity index (χ1v) is 13.0. The summed E-state index contributed by atoms with van der Waals surface area (Å²) >= 11 is 0. The second-order valence-electron chi connectivity index (χ2n) is 10.0. The van der Waals surface area contributed by atoms with Crippen LogP contribution in [0, 0.1) is 5.82 Å². The predicted molar refractivity (Wildman–Crippen MR) is 138 cm³/mol.